The lowest BCUT2D eigenvalue weighted by Gasteiger charge is -2.09. The fourth-order valence-electron chi connectivity index (χ4n) is 1.50. The lowest BCUT2D eigenvalue weighted by Crippen LogP contribution is -1.97. The minimum Gasteiger partial charge on any atom is -0.488 e. The van der Waals surface area contributed by atoms with E-state index < -0.39 is 0 Å². The summed E-state index contributed by atoms with van der Waals surface area (Å²) >= 11 is 9.22. The van der Waals surface area contributed by atoms with Crippen LogP contribution in [0.15, 0.2) is 40.9 Å². The molecule has 0 unspecified atom stereocenters. The van der Waals surface area contributed by atoms with Crippen LogP contribution in [0, 0.1) is 5.82 Å². The van der Waals surface area contributed by atoms with Crippen LogP contribution in [-0.4, -0.2) is 6.29 Å². The Morgan fingerprint density at radius 1 is 1.26 bits per heavy atom. The van der Waals surface area contributed by atoms with Gasteiger partial charge in [-0.1, -0.05) is 17.7 Å². The molecule has 2 aromatic rings. The highest BCUT2D eigenvalue weighted by Crippen LogP contribution is 2.27. The van der Waals surface area contributed by atoms with Gasteiger partial charge < -0.3 is 4.74 Å². The quantitative estimate of drug-likeness (QED) is 0.756. The van der Waals surface area contributed by atoms with Gasteiger partial charge in [0.25, 0.3) is 0 Å². The summed E-state index contributed by atoms with van der Waals surface area (Å²) in [7, 11) is 0. The van der Waals surface area contributed by atoms with E-state index in [4.69, 9.17) is 16.3 Å². The Bertz CT molecular complexity index is 616. The van der Waals surface area contributed by atoms with Crippen LogP contribution < -0.4 is 4.74 Å². The number of benzene rings is 2. The van der Waals surface area contributed by atoms with Crippen LogP contribution in [0.1, 0.15) is 15.9 Å². The highest BCUT2D eigenvalue weighted by molar-refractivity contribution is 9.10. The van der Waals surface area contributed by atoms with Crippen LogP contribution in [-0.2, 0) is 6.61 Å². The molecular weight excluding hydrogens is 335 g/mol. The van der Waals surface area contributed by atoms with Crippen LogP contribution in [0.2, 0.25) is 5.02 Å². The van der Waals surface area contributed by atoms with Crippen molar-refractivity contribution in [2.75, 3.05) is 0 Å². The number of ether oxygens (including phenoxy) is 1. The highest BCUT2D eigenvalue weighted by Gasteiger charge is 2.06. The second kappa shape index (κ2) is 6.17. The number of carbonyl (C=O) groups excluding carboxylic acids is 1. The van der Waals surface area contributed by atoms with Gasteiger partial charge in [-0.15, -0.1) is 0 Å². The molecule has 0 saturated heterocycles. The van der Waals surface area contributed by atoms with Crippen molar-refractivity contribution in [1.82, 2.24) is 0 Å². The average molecular weight is 344 g/mol. The van der Waals surface area contributed by atoms with Crippen LogP contribution >= 0.6 is 27.5 Å². The second-order valence-electron chi connectivity index (χ2n) is 3.83. The zero-order valence-electron chi connectivity index (χ0n) is 9.70. The molecule has 0 aliphatic heterocycles. The first-order chi connectivity index (χ1) is 9.10. The molecule has 0 spiro atoms. The molecule has 0 N–H and O–H groups in total. The summed E-state index contributed by atoms with van der Waals surface area (Å²) in [5.41, 5.74) is 1.24. The summed E-state index contributed by atoms with van der Waals surface area (Å²) in [5.74, 6) is 0.205. The van der Waals surface area contributed by atoms with Gasteiger partial charge in [0.2, 0.25) is 0 Å². The van der Waals surface area contributed by atoms with Gasteiger partial charge in [-0.2, -0.15) is 0 Å². The lowest BCUT2D eigenvalue weighted by molar-refractivity contribution is 0.112. The van der Waals surface area contributed by atoms with Crippen molar-refractivity contribution in [2.24, 2.45) is 0 Å². The molecule has 0 aliphatic rings. The minimum absolute atomic E-state index is 0.220. The van der Waals surface area contributed by atoms with Crippen LogP contribution in [0.4, 0.5) is 4.39 Å². The first kappa shape index (κ1) is 14.0. The maximum atomic E-state index is 12.9. The molecule has 0 aromatic heterocycles. The third kappa shape index (κ3) is 3.55. The monoisotopic (exact) mass is 342 g/mol. The predicted molar refractivity (Wildman–Crippen MR) is 75.3 cm³/mol. The van der Waals surface area contributed by atoms with Crippen molar-refractivity contribution in [3.05, 3.63) is 62.8 Å². The number of hydrogen-bond acceptors (Lipinski definition) is 2. The van der Waals surface area contributed by atoms with Crippen molar-refractivity contribution in [3.63, 3.8) is 0 Å². The van der Waals surface area contributed by atoms with Crippen LogP contribution in [0.25, 0.3) is 0 Å². The van der Waals surface area contributed by atoms with E-state index in [0.29, 0.717) is 26.4 Å². The lowest BCUT2D eigenvalue weighted by atomic mass is 10.2. The third-order valence-electron chi connectivity index (χ3n) is 2.49. The van der Waals surface area contributed by atoms with Crippen LogP contribution in [0.5, 0.6) is 5.75 Å². The summed E-state index contributed by atoms with van der Waals surface area (Å²) in [5, 5.41) is 0.320. The van der Waals surface area contributed by atoms with Crippen molar-refractivity contribution in [1.29, 1.82) is 0 Å². The number of halogens is 3. The molecule has 2 nitrogen and oxygen atoms in total. The second-order valence-corrected chi connectivity index (χ2v) is 5.09. The number of carbonyl (C=O) groups is 1. The molecule has 0 saturated carbocycles. The van der Waals surface area contributed by atoms with E-state index in [-0.39, 0.29) is 12.4 Å². The van der Waals surface area contributed by atoms with Gasteiger partial charge in [0.05, 0.1) is 9.50 Å². The summed E-state index contributed by atoms with van der Waals surface area (Å²) in [6.07, 6.45) is 0.755. The Kier molecular flexibility index (Phi) is 4.56. The van der Waals surface area contributed by atoms with E-state index in [1.165, 1.54) is 12.1 Å². The molecule has 98 valence electrons. The van der Waals surface area contributed by atoms with Gasteiger partial charge in [-0.05, 0) is 46.3 Å². The molecule has 0 atom stereocenters. The smallest absolute Gasteiger partial charge is 0.150 e. The van der Waals surface area contributed by atoms with Gasteiger partial charge in [-0.25, -0.2) is 4.39 Å². The molecule has 0 fully saturated rings. The molecule has 0 aliphatic carbocycles. The van der Waals surface area contributed by atoms with Crippen molar-refractivity contribution >= 4 is 33.8 Å². The van der Waals surface area contributed by atoms with E-state index in [0.717, 1.165) is 6.29 Å². The zero-order valence-corrected chi connectivity index (χ0v) is 12.0. The Morgan fingerprint density at radius 3 is 2.68 bits per heavy atom. The minimum atomic E-state index is -0.384. The van der Waals surface area contributed by atoms with Gasteiger partial charge in [0.15, 0.2) is 0 Å². The van der Waals surface area contributed by atoms with Crippen molar-refractivity contribution in [2.45, 2.75) is 6.61 Å². The maximum Gasteiger partial charge on any atom is 0.150 e. The van der Waals surface area contributed by atoms with E-state index >= 15 is 0 Å². The van der Waals surface area contributed by atoms with Gasteiger partial charge in [0.1, 0.15) is 24.5 Å². The SMILES string of the molecule is O=Cc1ccc(OCc2ccc(F)cc2Cl)c(Br)c1. The fourth-order valence-corrected chi connectivity index (χ4v) is 2.23. The zero-order chi connectivity index (χ0) is 13.8. The molecule has 2 aromatic carbocycles. The Balaban J connectivity index is 2.12. The van der Waals surface area contributed by atoms with E-state index in [1.807, 2.05) is 0 Å². The van der Waals surface area contributed by atoms with E-state index in [9.17, 15) is 9.18 Å². The first-order valence-electron chi connectivity index (χ1n) is 5.41. The van der Waals surface area contributed by atoms with Crippen LogP contribution in [0.3, 0.4) is 0 Å². The molecule has 2 rings (SSSR count). The summed E-state index contributed by atoms with van der Waals surface area (Å²) in [6, 6.07) is 9.14. The average Bonchev–Trinajstić information content (AvgIpc) is 2.39. The number of hydrogen-bond donors (Lipinski definition) is 0. The highest BCUT2D eigenvalue weighted by atomic mass is 79.9. The van der Waals surface area contributed by atoms with Gasteiger partial charge in [-0.3, -0.25) is 4.79 Å². The predicted octanol–water partition coefficient (Wildman–Crippen LogP) is 4.63. The summed E-state index contributed by atoms with van der Waals surface area (Å²) < 4.78 is 19.1. The standard InChI is InChI=1S/C14H9BrClFO2/c15-12-5-9(7-18)1-4-14(12)19-8-10-2-3-11(17)6-13(10)16/h1-7H,8H2. The van der Waals surface area contributed by atoms with E-state index in [1.54, 1.807) is 24.3 Å². The topological polar surface area (TPSA) is 26.3 Å². The first-order valence-corrected chi connectivity index (χ1v) is 6.58. The fraction of sp³-hybridized carbons (Fsp3) is 0.0714. The molecule has 0 radical (unpaired) electrons. The van der Waals surface area contributed by atoms with Gasteiger partial charge in [0, 0.05) is 11.1 Å². The van der Waals surface area contributed by atoms with Gasteiger partial charge >= 0.3 is 0 Å². The molecule has 0 bridgehead atoms. The maximum absolute atomic E-state index is 12.9. The largest absolute Gasteiger partial charge is 0.488 e. The third-order valence-corrected chi connectivity index (χ3v) is 3.46. The Morgan fingerprint density at radius 2 is 2.05 bits per heavy atom. The molecule has 5 heteroatoms. The Hall–Kier alpha value is -1.39. The van der Waals surface area contributed by atoms with E-state index in [2.05, 4.69) is 15.9 Å². The Labute approximate surface area is 123 Å². The number of rotatable bonds is 4. The summed E-state index contributed by atoms with van der Waals surface area (Å²) in [6.45, 7) is 0.220. The summed E-state index contributed by atoms with van der Waals surface area (Å²) in [4.78, 5) is 10.6. The van der Waals surface area contributed by atoms with Crippen molar-refractivity contribution < 1.29 is 13.9 Å². The molecular formula is C14H9BrClFO2. The number of aldehydes is 1. The molecule has 0 heterocycles. The molecule has 19 heavy (non-hydrogen) atoms. The normalized spacial score (nSPS) is 10.3. The molecule has 0 amide bonds. The van der Waals surface area contributed by atoms with Crippen molar-refractivity contribution in [3.8, 4) is 5.75 Å².